The number of carbonyl (C=O) groups is 1. The average molecular weight is 280 g/mol. The summed E-state index contributed by atoms with van der Waals surface area (Å²) in [5.74, 6) is -2.52. The van der Waals surface area contributed by atoms with Gasteiger partial charge in [0, 0.05) is 24.2 Å². The summed E-state index contributed by atoms with van der Waals surface area (Å²) >= 11 is 0. The summed E-state index contributed by atoms with van der Waals surface area (Å²) in [6.07, 6.45) is 1.30. The highest BCUT2D eigenvalue weighted by Crippen LogP contribution is 2.28. The van der Waals surface area contributed by atoms with Gasteiger partial charge < -0.3 is 10.1 Å². The van der Waals surface area contributed by atoms with E-state index in [1.54, 1.807) is 6.92 Å². The molecule has 1 aromatic heterocycles. The van der Waals surface area contributed by atoms with Crippen LogP contribution in [0.1, 0.15) is 24.2 Å². The quantitative estimate of drug-likeness (QED) is 0.874. The second-order valence-corrected chi connectivity index (χ2v) is 4.08. The molecule has 0 saturated carbocycles. The third-order valence-corrected chi connectivity index (χ3v) is 2.76. The van der Waals surface area contributed by atoms with Crippen molar-refractivity contribution in [3.8, 4) is 0 Å². The predicted octanol–water partition coefficient (Wildman–Crippen LogP) is 3.12. The Balaban J connectivity index is 2.67. The Morgan fingerprint density at radius 2 is 2.00 bits per heavy atom. The van der Waals surface area contributed by atoms with Crippen molar-refractivity contribution in [3.63, 3.8) is 0 Å². The third-order valence-electron chi connectivity index (χ3n) is 2.76. The van der Waals surface area contributed by atoms with Gasteiger partial charge in [-0.25, -0.2) is 13.6 Å². The lowest BCUT2D eigenvalue weighted by Gasteiger charge is -2.13. The second-order valence-electron chi connectivity index (χ2n) is 4.08. The Kier molecular flexibility index (Phi) is 4.12. The molecule has 0 amide bonds. The van der Waals surface area contributed by atoms with Gasteiger partial charge in [0.05, 0.1) is 17.8 Å². The van der Waals surface area contributed by atoms with Crippen molar-refractivity contribution in [1.29, 1.82) is 0 Å². The minimum atomic E-state index is -0.987. The van der Waals surface area contributed by atoms with Gasteiger partial charge in [0.1, 0.15) is 5.56 Å². The summed E-state index contributed by atoms with van der Waals surface area (Å²) in [5, 5.41) is 3.32. The van der Waals surface area contributed by atoms with Crippen LogP contribution in [0.3, 0.4) is 0 Å². The fraction of sp³-hybridized carbons (Fsp3) is 0.286. The normalized spacial score (nSPS) is 10.6. The van der Waals surface area contributed by atoms with Crippen LogP contribution in [0.2, 0.25) is 0 Å². The fourth-order valence-electron chi connectivity index (χ4n) is 1.92. The molecule has 0 fully saturated rings. The number of fused-ring (bicyclic) bond motifs is 1. The van der Waals surface area contributed by atoms with Crippen LogP contribution in [-0.2, 0) is 4.74 Å². The summed E-state index contributed by atoms with van der Waals surface area (Å²) in [7, 11) is 0. The Labute approximate surface area is 114 Å². The molecular formula is C14H14F2N2O2. The van der Waals surface area contributed by atoms with Gasteiger partial charge in [0.2, 0.25) is 0 Å². The first-order chi connectivity index (χ1) is 9.58. The Morgan fingerprint density at radius 3 is 2.65 bits per heavy atom. The molecule has 106 valence electrons. The highest BCUT2D eigenvalue weighted by atomic mass is 19.2. The van der Waals surface area contributed by atoms with Crippen LogP contribution in [0.4, 0.5) is 14.5 Å². The standard InChI is InChI=1S/C14H14F2N2O2/c1-3-17-13-8-5-10(15)11(16)6-12(8)18-7-9(13)14(19)20-4-2/h5-7H,3-4H2,1-2H3,(H,17,18). The van der Waals surface area contributed by atoms with Crippen LogP contribution in [0.25, 0.3) is 10.9 Å². The minimum Gasteiger partial charge on any atom is -0.462 e. The van der Waals surface area contributed by atoms with E-state index in [0.29, 0.717) is 17.6 Å². The first-order valence-corrected chi connectivity index (χ1v) is 6.27. The molecule has 0 aliphatic rings. The monoisotopic (exact) mass is 280 g/mol. The van der Waals surface area contributed by atoms with Gasteiger partial charge in [-0.3, -0.25) is 4.98 Å². The van der Waals surface area contributed by atoms with Gasteiger partial charge in [0.25, 0.3) is 0 Å². The fourth-order valence-corrected chi connectivity index (χ4v) is 1.92. The smallest absolute Gasteiger partial charge is 0.341 e. The van der Waals surface area contributed by atoms with Crippen LogP contribution in [0.5, 0.6) is 0 Å². The zero-order chi connectivity index (χ0) is 14.7. The topological polar surface area (TPSA) is 51.2 Å². The number of benzene rings is 1. The van der Waals surface area contributed by atoms with E-state index in [-0.39, 0.29) is 17.7 Å². The number of carbonyl (C=O) groups excluding carboxylic acids is 1. The van der Waals surface area contributed by atoms with E-state index >= 15 is 0 Å². The lowest BCUT2D eigenvalue weighted by molar-refractivity contribution is 0.0527. The van der Waals surface area contributed by atoms with E-state index in [1.165, 1.54) is 6.20 Å². The van der Waals surface area contributed by atoms with Crippen LogP contribution in [-0.4, -0.2) is 24.1 Å². The van der Waals surface area contributed by atoms with Gasteiger partial charge >= 0.3 is 5.97 Å². The van der Waals surface area contributed by atoms with Gasteiger partial charge in [-0.15, -0.1) is 0 Å². The molecule has 1 heterocycles. The van der Waals surface area contributed by atoms with Crippen molar-refractivity contribution in [3.05, 3.63) is 35.5 Å². The molecule has 6 heteroatoms. The molecule has 20 heavy (non-hydrogen) atoms. The highest BCUT2D eigenvalue weighted by Gasteiger charge is 2.17. The number of esters is 1. The number of hydrogen-bond donors (Lipinski definition) is 1. The highest BCUT2D eigenvalue weighted by molar-refractivity contribution is 6.04. The van der Waals surface area contributed by atoms with Crippen LogP contribution < -0.4 is 5.32 Å². The first-order valence-electron chi connectivity index (χ1n) is 6.27. The Hall–Kier alpha value is -2.24. The second kappa shape index (κ2) is 5.81. The van der Waals surface area contributed by atoms with Gasteiger partial charge in [0.15, 0.2) is 11.6 Å². The molecule has 0 aliphatic carbocycles. The molecular weight excluding hydrogens is 266 g/mol. The molecule has 0 unspecified atom stereocenters. The Morgan fingerprint density at radius 1 is 1.30 bits per heavy atom. The largest absolute Gasteiger partial charge is 0.462 e. The van der Waals surface area contributed by atoms with E-state index < -0.39 is 17.6 Å². The predicted molar refractivity (Wildman–Crippen MR) is 71.8 cm³/mol. The number of hydrogen-bond acceptors (Lipinski definition) is 4. The van der Waals surface area contributed by atoms with E-state index in [9.17, 15) is 13.6 Å². The average Bonchev–Trinajstić information content (AvgIpc) is 2.41. The molecule has 0 radical (unpaired) electrons. The zero-order valence-corrected chi connectivity index (χ0v) is 11.2. The molecule has 1 N–H and O–H groups in total. The van der Waals surface area contributed by atoms with E-state index in [4.69, 9.17) is 4.74 Å². The molecule has 0 spiro atoms. The minimum absolute atomic E-state index is 0.201. The van der Waals surface area contributed by atoms with Crippen LogP contribution in [0, 0.1) is 11.6 Å². The van der Waals surface area contributed by atoms with E-state index in [2.05, 4.69) is 10.3 Å². The zero-order valence-electron chi connectivity index (χ0n) is 11.2. The summed E-state index contributed by atoms with van der Waals surface area (Å²) in [6.45, 7) is 4.26. The molecule has 2 rings (SSSR count). The first kappa shape index (κ1) is 14.2. The van der Waals surface area contributed by atoms with Crippen molar-refractivity contribution in [1.82, 2.24) is 4.98 Å². The maximum absolute atomic E-state index is 13.4. The van der Waals surface area contributed by atoms with Crippen molar-refractivity contribution in [2.24, 2.45) is 0 Å². The van der Waals surface area contributed by atoms with Crippen LogP contribution in [0.15, 0.2) is 18.3 Å². The molecule has 0 saturated heterocycles. The molecule has 2 aromatic rings. The molecule has 4 nitrogen and oxygen atoms in total. The van der Waals surface area contributed by atoms with Crippen molar-refractivity contribution < 1.29 is 18.3 Å². The Bertz CT molecular complexity index is 659. The molecule has 0 atom stereocenters. The molecule has 0 aliphatic heterocycles. The summed E-state index contributed by atoms with van der Waals surface area (Å²) in [6, 6.07) is 2.03. The number of rotatable bonds is 4. The van der Waals surface area contributed by atoms with Crippen molar-refractivity contribution in [2.75, 3.05) is 18.5 Å². The number of nitrogens with one attached hydrogen (secondary N) is 1. The number of aromatic nitrogens is 1. The van der Waals surface area contributed by atoms with Crippen molar-refractivity contribution >= 4 is 22.6 Å². The van der Waals surface area contributed by atoms with Crippen molar-refractivity contribution in [2.45, 2.75) is 13.8 Å². The number of ether oxygens (including phenoxy) is 1. The number of pyridine rings is 1. The van der Waals surface area contributed by atoms with Gasteiger partial charge in [-0.05, 0) is 19.9 Å². The third kappa shape index (κ3) is 2.54. The molecule has 1 aromatic carbocycles. The van der Waals surface area contributed by atoms with Gasteiger partial charge in [-0.1, -0.05) is 0 Å². The number of halogens is 2. The summed E-state index contributed by atoms with van der Waals surface area (Å²) in [4.78, 5) is 15.8. The summed E-state index contributed by atoms with van der Waals surface area (Å²) in [5.41, 5.74) is 0.870. The van der Waals surface area contributed by atoms with Crippen LogP contribution >= 0.6 is 0 Å². The maximum Gasteiger partial charge on any atom is 0.341 e. The molecule has 0 bridgehead atoms. The SMILES string of the molecule is CCNc1c(C(=O)OCC)cnc2cc(F)c(F)cc12. The van der Waals surface area contributed by atoms with Gasteiger partial charge in [-0.2, -0.15) is 0 Å². The van der Waals surface area contributed by atoms with E-state index in [0.717, 1.165) is 12.1 Å². The van der Waals surface area contributed by atoms with E-state index in [1.807, 2.05) is 6.92 Å². The lowest BCUT2D eigenvalue weighted by atomic mass is 10.1. The summed E-state index contributed by atoms with van der Waals surface area (Å²) < 4.78 is 31.6. The maximum atomic E-state index is 13.4. The number of nitrogens with zero attached hydrogens (tertiary/aromatic N) is 1. The lowest BCUT2D eigenvalue weighted by Crippen LogP contribution is -2.11. The number of anilines is 1.